The van der Waals surface area contributed by atoms with Gasteiger partial charge in [-0.2, -0.15) is 0 Å². The summed E-state index contributed by atoms with van der Waals surface area (Å²) in [5, 5.41) is 0.898. The largest absolute Gasteiger partial charge is 0.464 e. The molecule has 0 saturated heterocycles. The van der Waals surface area contributed by atoms with Gasteiger partial charge in [-0.05, 0) is 33.4 Å². The summed E-state index contributed by atoms with van der Waals surface area (Å²) in [6.07, 6.45) is 2.57. The molecule has 1 aromatic carbocycles. The average Bonchev–Trinajstić information content (AvgIpc) is 2.82. The van der Waals surface area contributed by atoms with E-state index < -0.39 is 0 Å². The highest BCUT2D eigenvalue weighted by atomic mass is 16.3. The Hall–Kier alpha value is -1.61. The van der Waals surface area contributed by atoms with E-state index in [1.807, 2.05) is 31.3 Å². The number of furan rings is 1. The number of benzene rings is 1. The highest BCUT2D eigenvalue weighted by molar-refractivity contribution is 6.08. The topological polar surface area (TPSA) is 33.5 Å². The number of carbonyl (C=O) groups is 1. The number of nitrogens with zero attached hydrogens (tertiary/aromatic N) is 1. The summed E-state index contributed by atoms with van der Waals surface area (Å²) < 4.78 is 5.42. The van der Waals surface area contributed by atoms with E-state index in [9.17, 15) is 4.79 Å². The molecule has 0 aliphatic carbocycles. The highest BCUT2D eigenvalue weighted by Crippen LogP contribution is 2.23. The van der Waals surface area contributed by atoms with E-state index in [0.717, 1.165) is 17.4 Å². The van der Waals surface area contributed by atoms with Crippen molar-refractivity contribution in [2.45, 2.75) is 32.7 Å². The maximum atomic E-state index is 12.4. The first-order chi connectivity index (χ1) is 8.95. The summed E-state index contributed by atoms with van der Waals surface area (Å²) in [7, 11) is 1.99. The quantitative estimate of drug-likeness (QED) is 0.767. The Balaban J connectivity index is 2.21. The lowest BCUT2D eigenvalue weighted by molar-refractivity contribution is 0.0847. The van der Waals surface area contributed by atoms with Gasteiger partial charge >= 0.3 is 0 Å². The third kappa shape index (κ3) is 2.71. The summed E-state index contributed by atoms with van der Waals surface area (Å²) in [5.41, 5.74) is 1.47. The van der Waals surface area contributed by atoms with Gasteiger partial charge in [-0.3, -0.25) is 9.69 Å². The van der Waals surface area contributed by atoms with Crippen LogP contribution in [0.2, 0.25) is 0 Å². The lowest BCUT2D eigenvalue weighted by Crippen LogP contribution is -2.43. The lowest BCUT2D eigenvalue weighted by atomic mass is 9.99. The predicted molar refractivity (Wildman–Crippen MR) is 77.5 cm³/mol. The lowest BCUT2D eigenvalue weighted by Gasteiger charge is -2.34. The van der Waals surface area contributed by atoms with Crippen LogP contribution >= 0.6 is 0 Å². The summed E-state index contributed by atoms with van der Waals surface area (Å²) in [5.74, 6) is 0.106. The first-order valence-electron chi connectivity index (χ1n) is 6.66. The molecule has 0 N–H and O–H groups in total. The molecule has 0 saturated carbocycles. The van der Waals surface area contributed by atoms with E-state index in [1.165, 1.54) is 0 Å². The van der Waals surface area contributed by atoms with Gasteiger partial charge < -0.3 is 4.42 Å². The second kappa shape index (κ2) is 5.17. The van der Waals surface area contributed by atoms with E-state index in [-0.39, 0.29) is 11.3 Å². The van der Waals surface area contributed by atoms with Gasteiger partial charge in [0.15, 0.2) is 5.78 Å². The number of para-hydroxylation sites is 1. The molecular formula is C16H21NO2. The van der Waals surface area contributed by atoms with Crippen LogP contribution in [0.1, 0.15) is 37.6 Å². The Bertz CT molecular complexity index is 583. The minimum absolute atomic E-state index is 0.0230. The number of Topliss-reactive ketones (excluding diaryl/α,β-unsaturated/α-hetero) is 1. The summed E-state index contributed by atoms with van der Waals surface area (Å²) in [4.78, 5) is 14.5. The smallest absolute Gasteiger partial charge is 0.180 e. The van der Waals surface area contributed by atoms with Crippen molar-refractivity contribution >= 4 is 16.8 Å². The summed E-state index contributed by atoms with van der Waals surface area (Å²) in [6, 6.07) is 7.64. The van der Waals surface area contributed by atoms with Gasteiger partial charge in [-0.25, -0.2) is 0 Å². The van der Waals surface area contributed by atoms with Crippen molar-refractivity contribution in [2.24, 2.45) is 0 Å². The molecule has 0 radical (unpaired) electrons. The molecule has 102 valence electrons. The third-order valence-electron chi connectivity index (χ3n) is 4.06. The number of hydrogen-bond donors (Lipinski definition) is 0. The van der Waals surface area contributed by atoms with Crippen LogP contribution in [-0.2, 0) is 0 Å². The molecule has 0 aliphatic rings. The maximum Gasteiger partial charge on any atom is 0.180 e. The molecule has 3 nitrogen and oxygen atoms in total. The highest BCUT2D eigenvalue weighted by Gasteiger charge is 2.24. The molecule has 1 heterocycles. The number of rotatable bonds is 5. The molecule has 0 aliphatic heterocycles. The normalized spacial score (nSPS) is 12.3. The van der Waals surface area contributed by atoms with Gasteiger partial charge in [0.2, 0.25) is 0 Å². The van der Waals surface area contributed by atoms with Crippen LogP contribution in [0.5, 0.6) is 0 Å². The van der Waals surface area contributed by atoms with Crippen LogP contribution in [0.4, 0.5) is 0 Å². The first-order valence-corrected chi connectivity index (χ1v) is 6.66. The number of ketones is 1. The van der Waals surface area contributed by atoms with Crippen molar-refractivity contribution < 1.29 is 9.21 Å². The van der Waals surface area contributed by atoms with Crippen molar-refractivity contribution in [3.63, 3.8) is 0 Å². The molecule has 1 aromatic heterocycles. The van der Waals surface area contributed by atoms with Crippen LogP contribution < -0.4 is 0 Å². The second-order valence-electron chi connectivity index (χ2n) is 5.59. The standard InChI is InChI=1S/C16H21NO2/c1-5-16(2,3)17(4)10-14(18)13-11-19-15-9-7-6-8-12(13)15/h6-9,11H,5,10H2,1-4H3. The zero-order chi connectivity index (χ0) is 14.0. The first kappa shape index (κ1) is 13.8. The van der Waals surface area contributed by atoms with Gasteiger partial charge in [0.25, 0.3) is 0 Å². The average molecular weight is 259 g/mol. The molecular weight excluding hydrogens is 238 g/mol. The Kier molecular flexibility index (Phi) is 3.76. The Morgan fingerprint density at radius 2 is 2.00 bits per heavy atom. The zero-order valence-electron chi connectivity index (χ0n) is 12.1. The minimum Gasteiger partial charge on any atom is -0.464 e. The fourth-order valence-corrected chi connectivity index (χ4v) is 1.98. The van der Waals surface area contributed by atoms with E-state index in [4.69, 9.17) is 4.42 Å². The van der Waals surface area contributed by atoms with Gasteiger partial charge in [-0.1, -0.05) is 25.1 Å². The molecule has 0 atom stereocenters. The van der Waals surface area contributed by atoms with Crippen LogP contribution in [0.15, 0.2) is 34.9 Å². The molecule has 0 spiro atoms. The number of carbonyl (C=O) groups excluding carboxylic acids is 1. The monoisotopic (exact) mass is 259 g/mol. The Labute approximate surface area is 114 Å². The molecule has 2 rings (SSSR count). The SMILES string of the molecule is CCC(C)(C)N(C)CC(=O)c1coc2ccccc12. The van der Waals surface area contributed by atoms with E-state index >= 15 is 0 Å². The van der Waals surface area contributed by atoms with Gasteiger partial charge in [0.05, 0.1) is 12.1 Å². The fourth-order valence-electron chi connectivity index (χ4n) is 1.98. The van der Waals surface area contributed by atoms with Crippen LogP contribution in [-0.4, -0.2) is 29.8 Å². The van der Waals surface area contributed by atoms with E-state index in [2.05, 4.69) is 25.7 Å². The van der Waals surface area contributed by atoms with Crippen molar-refractivity contribution in [1.29, 1.82) is 0 Å². The van der Waals surface area contributed by atoms with Gasteiger partial charge in [0.1, 0.15) is 11.8 Å². The minimum atomic E-state index is 0.0230. The van der Waals surface area contributed by atoms with Crippen molar-refractivity contribution in [3.8, 4) is 0 Å². The maximum absolute atomic E-state index is 12.4. The van der Waals surface area contributed by atoms with E-state index in [1.54, 1.807) is 6.26 Å². The number of hydrogen-bond acceptors (Lipinski definition) is 3. The van der Waals surface area contributed by atoms with Crippen LogP contribution in [0, 0.1) is 0 Å². The molecule has 0 unspecified atom stereocenters. The third-order valence-corrected chi connectivity index (χ3v) is 4.06. The Morgan fingerprint density at radius 1 is 1.32 bits per heavy atom. The molecule has 0 fully saturated rings. The molecule has 3 heteroatoms. The Morgan fingerprint density at radius 3 is 2.68 bits per heavy atom. The van der Waals surface area contributed by atoms with Crippen molar-refractivity contribution in [3.05, 3.63) is 36.1 Å². The fraction of sp³-hybridized carbons (Fsp3) is 0.438. The summed E-state index contributed by atoms with van der Waals surface area (Å²) in [6.45, 7) is 6.83. The van der Waals surface area contributed by atoms with Crippen molar-refractivity contribution in [1.82, 2.24) is 4.90 Å². The van der Waals surface area contributed by atoms with Crippen molar-refractivity contribution in [2.75, 3.05) is 13.6 Å². The van der Waals surface area contributed by atoms with Gasteiger partial charge in [0, 0.05) is 10.9 Å². The summed E-state index contributed by atoms with van der Waals surface area (Å²) >= 11 is 0. The van der Waals surface area contributed by atoms with Gasteiger partial charge in [-0.15, -0.1) is 0 Å². The second-order valence-corrected chi connectivity index (χ2v) is 5.59. The number of likely N-dealkylation sites (N-methyl/N-ethyl adjacent to an activating group) is 1. The molecule has 0 bridgehead atoms. The molecule has 2 aromatic rings. The molecule has 19 heavy (non-hydrogen) atoms. The zero-order valence-corrected chi connectivity index (χ0v) is 12.1. The molecule has 0 amide bonds. The van der Waals surface area contributed by atoms with E-state index in [0.29, 0.717) is 12.1 Å². The predicted octanol–water partition coefficient (Wildman–Crippen LogP) is 3.74. The van der Waals surface area contributed by atoms with Crippen LogP contribution in [0.3, 0.4) is 0 Å². The van der Waals surface area contributed by atoms with Crippen LogP contribution in [0.25, 0.3) is 11.0 Å². The number of fused-ring (bicyclic) bond motifs is 1.